The first kappa shape index (κ1) is 12.8. The fourth-order valence-electron chi connectivity index (χ4n) is 1.33. The molecule has 0 rings (SSSR count). The van der Waals surface area contributed by atoms with Crippen molar-refractivity contribution in [3.8, 4) is 0 Å². The van der Waals surface area contributed by atoms with E-state index in [4.69, 9.17) is 0 Å². The van der Waals surface area contributed by atoms with Crippen LogP contribution in [0.5, 0.6) is 0 Å². The van der Waals surface area contributed by atoms with E-state index in [1.165, 1.54) is 42.5 Å². The summed E-state index contributed by atoms with van der Waals surface area (Å²) in [6.07, 6.45) is 5.53. The number of hydrogen-bond acceptors (Lipinski definition) is 1. The highest BCUT2D eigenvalue weighted by Crippen LogP contribution is 2.17. The summed E-state index contributed by atoms with van der Waals surface area (Å²) in [5.74, 6) is 3.55. The molecular weight excluding hydrogens is 232 g/mol. The van der Waals surface area contributed by atoms with Gasteiger partial charge in [-0.05, 0) is 36.7 Å². The lowest BCUT2D eigenvalue weighted by Crippen LogP contribution is -2.01. The molecule has 0 aliphatic heterocycles. The van der Waals surface area contributed by atoms with Crippen LogP contribution in [0.15, 0.2) is 0 Å². The summed E-state index contributed by atoms with van der Waals surface area (Å²) in [4.78, 5) is 0. The molecular formula is C10H21BrS. The molecule has 0 saturated heterocycles. The van der Waals surface area contributed by atoms with Crippen molar-refractivity contribution in [1.29, 1.82) is 0 Å². The van der Waals surface area contributed by atoms with Crippen LogP contribution in [0.4, 0.5) is 0 Å². The standard InChI is InChI=1S/C10H21BrS/c1-3-6-10(9-11)7-5-8-12-4-2/h10H,3-9H2,1-2H3. The Labute approximate surface area is 90.0 Å². The Kier molecular flexibility index (Phi) is 10.6. The van der Waals surface area contributed by atoms with Gasteiger partial charge in [-0.15, -0.1) is 0 Å². The van der Waals surface area contributed by atoms with Gasteiger partial charge in [0.25, 0.3) is 0 Å². The van der Waals surface area contributed by atoms with Crippen molar-refractivity contribution in [2.24, 2.45) is 5.92 Å². The van der Waals surface area contributed by atoms with E-state index in [-0.39, 0.29) is 0 Å². The highest BCUT2D eigenvalue weighted by molar-refractivity contribution is 9.09. The Balaban J connectivity index is 3.19. The zero-order chi connectivity index (χ0) is 9.23. The second-order valence-corrected chi connectivity index (χ2v) is 5.19. The molecule has 74 valence electrons. The lowest BCUT2D eigenvalue weighted by molar-refractivity contribution is 0.493. The van der Waals surface area contributed by atoms with E-state index >= 15 is 0 Å². The number of hydrogen-bond donors (Lipinski definition) is 0. The minimum Gasteiger partial charge on any atom is -0.162 e. The Bertz CT molecular complexity index is 85.9. The van der Waals surface area contributed by atoms with Crippen LogP contribution in [0, 0.1) is 5.92 Å². The van der Waals surface area contributed by atoms with Crippen LogP contribution >= 0.6 is 27.7 Å². The molecule has 0 spiro atoms. The van der Waals surface area contributed by atoms with E-state index in [2.05, 4.69) is 41.5 Å². The van der Waals surface area contributed by atoms with Crippen LogP contribution in [0.25, 0.3) is 0 Å². The van der Waals surface area contributed by atoms with Crippen LogP contribution in [-0.4, -0.2) is 16.8 Å². The quantitative estimate of drug-likeness (QED) is 0.458. The number of thioether (sulfide) groups is 1. The third kappa shape index (κ3) is 7.48. The summed E-state index contributed by atoms with van der Waals surface area (Å²) >= 11 is 5.64. The second-order valence-electron chi connectivity index (χ2n) is 3.15. The average Bonchev–Trinajstić information content (AvgIpc) is 2.10. The molecule has 0 nitrogen and oxygen atoms in total. The van der Waals surface area contributed by atoms with Gasteiger partial charge in [-0.1, -0.05) is 36.2 Å². The fourth-order valence-corrected chi connectivity index (χ4v) is 2.63. The van der Waals surface area contributed by atoms with Crippen molar-refractivity contribution < 1.29 is 0 Å². The molecule has 0 amide bonds. The van der Waals surface area contributed by atoms with Crippen LogP contribution < -0.4 is 0 Å². The minimum absolute atomic E-state index is 0.924. The Morgan fingerprint density at radius 1 is 1.25 bits per heavy atom. The predicted octanol–water partition coefficient (Wildman–Crippen LogP) is 4.33. The van der Waals surface area contributed by atoms with E-state index in [1.807, 2.05) is 0 Å². The molecule has 0 radical (unpaired) electrons. The van der Waals surface area contributed by atoms with Gasteiger partial charge in [-0.25, -0.2) is 0 Å². The zero-order valence-electron chi connectivity index (χ0n) is 8.31. The minimum atomic E-state index is 0.924. The first-order valence-corrected chi connectivity index (χ1v) is 7.26. The maximum Gasteiger partial charge on any atom is 0.00596 e. The summed E-state index contributed by atoms with van der Waals surface area (Å²) < 4.78 is 0. The molecule has 12 heavy (non-hydrogen) atoms. The number of alkyl halides is 1. The van der Waals surface area contributed by atoms with Crippen LogP contribution in [0.1, 0.15) is 39.5 Å². The van der Waals surface area contributed by atoms with E-state index < -0.39 is 0 Å². The summed E-state index contributed by atoms with van der Waals surface area (Å²) in [6, 6.07) is 0. The summed E-state index contributed by atoms with van der Waals surface area (Å²) in [5.41, 5.74) is 0. The Morgan fingerprint density at radius 2 is 2.00 bits per heavy atom. The molecule has 0 heterocycles. The molecule has 0 saturated carbocycles. The molecule has 1 atom stereocenters. The molecule has 0 aliphatic rings. The summed E-state index contributed by atoms with van der Waals surface area (Å²) in [5, 5.41) is 1.19. The lowest BCUT2D eigenvalue weighted by Gasteiger charge is -2.11. The molecule has 0 aromatic rings. The first-order chi connectivity index (χ1) is 5.85. The average molecular weight is 253 g/mol. The Hall–Kier alpha value is 0.830. The molecule has 2 heteroatoms. The van der Waals surface area contributed by atoms with Crippen LogP contribution in [0.3, 0.4) is 0 Å². The third-order valence-corrected chi connectivity index (χ3v) is 3.92. The van der Waals surface area contributed by atoms with Crippen molar-refractivity contribution in [1.82, 2.24) is 0 Å². The van der Waals surface area contributed by atoms with E-state index in [1.54, 1.807) is 0 Å². The SMILES string of the molecule is CCCC(CBr)CCCSCC. The lowest BCUT2D eigenvalue weighted by atomic mass is 10.0. The number of halogens is 1. The van der Waals surface area contributed by atoms with Gasteiger partial charge in [0.15, 0.2) is 0 Å². The van der Waals surface area contributed by atoms with E-state index in [9.17, 15) is 0 Å². The molecule has 0 fully saturated rings. The van der Waals surface area contributed by atoms with Gasteiger partial charge in [0.05, 0.1) is 0 Å². The topological polar surface area (TPSA) is 0 Å². The predicted molar refractivity (Wildman–Crippen MR) is 64.4 cm³/mol. The van der Waals surface area contributed by atoms with Gasteiger partial charge in [-0.3, -0.25) is 0 Å². The molecule has 0 bridgehead atoms. The van der Waals surface area contributed by atoms with Crippen LogP contribution in [0.2, 0.25) is 0 Å². The Morgan fingerprint density at radius 3 is 2.50 bits per heavy atom. The van der Waals surface area contributed by atoms with Gasteiger partial charge in [0.1, 0.15) is 0 Å². The van der Waals surface area contributed by atoms with Crippen molar-refractivity contribution in [3.63, 3.8) is 0 Å². The molecule has 0 aromatic heterocycles. The van der Waals surface area contributed by atoms with Crippen molar-refractivity contribution in [3.05, 3.63) is 0 Å². The maximum atomic E-state index is 3.58. The highest BCUT2D eigenvalue weighted by Gasteiger charge is 2.04. The number of rotatable bonds is 8. The summed E-state index contributed by atoms with van der Waals surface area (Å²) in [6.45, 7) is 4.51. The maximum absolute atomic E-state index is 3.58. The zero-order valence-corrected chi connectivity index (χ0v) is 10.7. The van der Waals surface area contributed by atoms with Crippen molar-refractivity contribution in [2.75, 3.05) is 16.8 Å². The smallest absolute Gasteiger partial charge is 0.00596 e. The molecule has 0 N–H and O–H groups in total. The monoisotopic (exact) mass is 252 g/mol. The van der Waals surface area contributed by atoms with E-state index in [0.717, 1.165) is 5.92 Å². The second kappa shape index (κ2) is 9.91. The van der Waals surface area contributed by atoms with Crippen molar-refractivity contribution >= 4 is 27.7 Å². The van der Waals surface area contributed by atoms with Gasteiger partial charge < -0.3 is 0 Å². The fraction of sp³-hybridized carbons (Fsp3) is 1.00. The first-order valence-electron chi connectivity index (χ1n) is 4.98. The molecule has 1 unspecified atom stereocenters. The van der Waals surface area contributed by atoms with Gasteiger partial charge in [0.2, 0.25) is 0 Å². The van der Waals surface area contributed by atoms with Gasteiger partial charge >= 0.3 is 0 Å². The third-order valence-electron chi connectivity index (χ3n) is 2.02. The molecule has 0 aliphatic carbocycles. The molecule has 0 aromatic carbocycles. The highest BCUT2D eigenvalue weighted by atomic mass is 79.9. The largest absolute Gasteiger partial charge is 0.162 e. The normalized spacial score (nSPS) is 13.2. The summed E-state index contributed by atoms with van der Waals surface area (Å²) in [7, 11) is 0. The van der Waals surface area contributed by atoms with Crippen molar-refractivity contribution in [2.45, 2.75) is 39.5 Å². The van der Waals surface area contributed by atoms with Gasteiger partial charge in [0, 0.05) is 5.33 Å². The van der Waals surface area contributed by atoms with Crippen LogP contribution in [-0.2, 0) is 0 Å². The van der Waals surface area contributed by atoms with E-state index in [0.29, 0.717) is 0 Å². The van der Waals surface area contributed by atoms with Gasteiger partial charge in [-0.2, -0.15) is 11.8 Å².